The molecule has 0 saturated heterocycles. The van der Waals surface area contributed by atoms with Crippen LogP contribution in [0.4, 0.5) is 5.69 Å². The molecule has 0 aliphatic carbocycles. The number of hydrogen-bond donors (Lipinski definition) is 1. The van der Waals surface area contributed by atoms with Crippen LogP contribution in [0.2, 0.25) is 5.02 Å². The summed E-state index contributed by atoms with van der Waals surface area (Å²) in [5.41, 5.74) is -0.511. The van der Waals surface area contributed by atoms with E-state index in [1.165, 1.54) is 0 Å². The zero-order valence-corrected chi connectivity index (χ0v) is 11.2. The van der Waals surface area contributed by atoms with Crippen molar-refractivity contribution in [3.05, 3.63) is 27.7 Å². The Kier molecular flexibility index (Phi) is 3.95. The number of nitriles is 1. The second-order valence-electron chi connectivity index (χ2n) is 3.79. The van der Waals surface area contributed by atoms with Crippen LogP contribution < -0.4 is 5.32 Å². The summed E-state index contributed by atoms with van der Waals surface area (Å²) >= 11 is 9.15. The Morgan fingerprint density at radius 1 is 1.56 bits per heavy atom. The lowest BCUT2D eigenvalue weighted by atomic mass is 9.95. The van der Waals surface area contributed by atoms with Gasteiger partial charge in [-0.25, -0.2) is 0 Å². The number of nitrogens with one attached hydrogen (secondary N) is 1. The van der Waals surface area contributed by atoms with Crippen molar-refractivity contribution in [2.24, 2.45) is 5.41 Å². The Morgan fingerprint density at radius 3 is 2.75 bits per heavy atom. The zero-order valence-electron chi connectivity index (χ0n) is 8.84. The molecule has 0 atom stereocenters. The van der Waals surface area contributed by atoms with Gasteiger partial charge in [-0.15, -0.1) is 0 Å². The third kappa shape index (κ3) is 2.75. The summed E-state index contributed by atoms with van der Waals surface area (Å²) in [5, 5.41) is 12.0. The molecule has 16 heavy (non-hydrogen) atoms. The molecule has 3 nitrogen and oxygen atoms in total. The molecule has 1 amide bonds. The molecular weight excluding hydrogens is 291 g/mol. The number of nitrogens with zero attached hydrogens (tertiary/aromatic N) is 1. The molecule has 1 aromatic carbocycles. The molecule has 0 heterocycles. The molecule has 84 valence electrons. The van der Waals surface area contributed by atoms with Gasteiger partial charge in [0.15, 0.2) is 0 Å². The first-order chi connectivity index (χ1) is 7.38. The van der Waals surface area contributed by atoms with Crippen LogP contribution in [0.1, 0.15) is 13.8 Å². The molecular formula is C11H10BrClN2O. The fourth-order valence-corrected chi connectivity index (χ4v) is 1.47. The van der Waals surface area contributed by atoms with E-state index in [0.717, 1.165) is 0 Å². The monoisotopic (exact) mass is 300 g/mol. The van der Waals surface area contributed by atoms with Gasteiger partial charge in [0.25, 0.3) is 0 Å². The van der Waals surface area contributed by atoms with Crippen molar-refractivity contribution in [2.75, 3.05) is 5.32 Å². The Hall–Kier alpha value is -1.05. The lowest BCUT2D eigenvalue weighted by molar-refractivity contribution is -0.121. The van der Waals surface area contributed by atoms with E-state index in [2.05, 4.69) is 21.2 Å². The molecule has 0 spiro atoms. The molecule has 1 aromatic rings. The molecule has 0 unspecified atom stereocenters. The minimum absolute atomic E-state index is 0.363. The summed E-state index contributed by atoms with van der Waals surface area (Å²) in [6.45, 7) is 3.11. The average Bonchev–Trinajstić information content (AvgIpc) is 2.24. The van der Waals surface area contributed by atoms with E-state index < -0.39 is 5.41 Å². The second-order valence-corrected chi connectivity index (χ2v) is 4.99. The first-order valence-corrected chi connectivity index (χ1v) is 5.72. The number of rotatable bonds is 2. The summed E-state index contributed by atoms with van der Waals surface area (Å²) in [6.07, 6.45) is 0. The van der Waals surface area contributed by atoms with Crippen LogP contribution in [0, 0.1) is 16.7 Å². The third-order valence-electron chi connectivity index (χ3n) is 2.05. The highest BCUT2D eigenvalue weighted by Gasteiger charge is 2.27. The number of amides is 1. The van der Waals surface area contributed by atoms with E-state index in [4.69, 9.17) is 16.9 Å². The minimum atomic E-state index is -1.07. The first kappa shape index (κ1) is 13.0. The number of benzene rings is 1. The molecule has 0 aromatic heterocycles. The van der Waals surface area contributed by atoms with E-state index >= 15 is 0 Å². The van der Waals surface area contributed by atoms with E-state index in [1.807, 2.05) is 6.07 Å². The van der Waals surface area contributed by atoms with Crippen molar-refractivity contribution in [3.8, 4) is 6.07 Å². The van der Waals surface area contributed by atoms with Gasteiger partial charge in [-0.3, -0.25) is 4.79 Å². The van der Waals surface area contributed by atoms with Crippen LogP contribution in [0.25, 0.3) is 0 Å². The van der Waals surface area contributed by atoms with Crippen molar-refractivity contribution in [1.82, 2.24) is 0 Å². The Morgan fingerprint density at radius 2 is 2.19 bits per heavy atom. The average molecular weight is 302 g/mol. The van der Waals surface area contributed by atoms with Crippen molar-refractivity contribution < 1.29 is 4.79 Å². The van der Waals surface area contributed by atoms with Crippen LogP contribution in [0.3, 0.4) is 0 Å². The van der Waals surface area contributed by atoms with Gasteiger partial charge in [-0.05, 0) is 41.9 Å². The maximum atomic E-state index is 11.7. The molecule has 0 aliphatic heterocycles. The summed E-state index contributed by atoms with van der Waals surface area (Å²) in [6, 6.07) is 7.07. The van der Waals surface area contributed by atoms with Crippen molar-refractivity contribution in [3.63, 3.8) is 0 Å². The van der Waals surface area contributed by atoms with Crippen molar-refractivity contribution in [2.45, 2.75) is 13.8 Å². The summed E-state index contributed by atoms with van der Waals surface area (Å²) < 4.78 is 0.610. The highest BCUT2D eigenvalue weighted by atomic mass is 79.9. The van der Waals surface area contributed by atoms with Crippen LogP contribution >= 0.6 is 27.5 Å². The number of anilines is 1. The Balaban J connectivity index is 2.95. The molecule has 0 saturated carbocycles. The number of hydrogen-bond acceptors (Lipinski definition) is 2. The fraction of sp³-hybridized carbons (Fsp3) is 0.273. The zero-order chi connectivity index (χ0) is 12.3. The van der Waals surface area contributed by atoms with Crippen LogP contribution in [0.5, 0.6) is 0 Å². The van der Waals surface area contributed by atoms with Gasteiger partial charge in [-0.2, -0.15) is 5.26 Å². The molecule has 0 fully saturated rings. The molecule has 0 bridgehead atoms. The van der Waals surface area contributed by atoms with Gasteiger partial charge >= 0.3 is 0 Å². The SMILES string of the molecule is CC(C)(C#N)C(=O)Nc1cccc(Cl)c1Br. The fourth-order valence-electron chi connectivity index (χ4n) is 0.930. The van der Waals surface area contributed by atoms with Gasteiger partial charge in [0.05, 0.1) is 21.3 Å². The van der Waals surface area contributed by atoms with Crippen LogP contribution in [-0.2, 0) is 4.79 Å². The van der Waals surface area contributed by atoms with Crippen molar-refractivity contribution >= 4 is 39.1 Å². The topological polar surface area (TPSA) is 52.9 Å². The summed E-state index contributed by atoms with van der Waals surface area (Å²) in [4.78, 5) is 11.7. The predicted octanol–water partition coefficient (Wildman–Crippen LogP) is 3.59. The van der Waals surface area contributed by atoms with Crippen LogP contribution in [-0.4, -0.2) is 5.91 Å². The molecule has 1 rings (SSSR count). The first-order valence-electron chi connectivity index (χ1n) is 4.55. The minimum Gasteiger partial charge on any atom is -0.324 e. The Bertz CT molecular complexity index is 466. The van der Waals surface area contributed by atoms with E-state index in [1.54, 1.807) is 32.0 Å². The van der Waals surface area contributed by atoms with E-state index in [-0.39, 0.29) is 5.91 Å². The van der Waals surface area contributed by atoms with Gasteiger partial charge in [-0.1, -0.05) is 17.7 Å². The number of carbonyl (C=O) groups excluding carboxylic acids is 1. The van der Waals surface area contributed by atoms with E-state index in [9.17, 15) is 4.79 Å². The number of halogens is 2. The highest BCUT2D eigenvalue weighted by molar-refractivity contribution is 9.10. The highest BCUT2D eigenvalue weighted by Crippen LogP contribution is 2.31. The van der Waals surface area contributed by atoms with Gasteiger partial charge in [0, 0.05) is 0 Å². The lowest BCUT2D eigenvalue weighted by Gasteiger charge is -2.16. The molecule has 1 N–H and O–H groups in total. The standard InChI is InChI=1S/C11H10BrClN2O/c1-11(2,6-14)10(16)15-8-5-3-4-7(13)9(8)12/h3-5H,1-2H3,(H,15,16). The quantitative estimate of drug-likeness (QED) is 0.907. The van der Waals surface area contributed by atoms with E-state index in [0.29, 0.717) is 15.2 Å². The maximum Gasteiger partial charge on any atom is 0.244 e. The number of carbonyl (C=O) groups is 1. The second kappa shape index (κ2) is 4.86. The smallest absolute Gasteiger partial charge is 0.244 e. The molecule has 0 radical (unpaired) electrons. The van der Waals surface area contributed by atoms with Gasteiger partial charge < -0.3 is 5.32 Å². The van der Waals surface area contributed by atoms with Crippen LogP contribution in [0.15, 0.2) is 22.7 Å². The molecule has 5 heteroatoms. The maximum absolute atomic E-state index is 11.7. The summed E-state index contributed by atoms with van der Waals surface area (Å²) in [5.74, 6) is -0.363. The Labute approximate surface area is 108 Å². The predicted molar refractivity (Wildman–Crippen MR) is 67.2 cm³/mol. The largest absolute Gasteiger partial charge is 0.324 e. The van der Waals surface area contributed by atoms with Crippen molar-refractivity contribution in [1.29, 1.82) is 5.26 Å². The summed E-state index contributed by atoms with van der Waals surface area (Å²) in [7, 11) is 0. The third-order valence-corrected chi connectivity index (χ3v) is 3.44. The lowest BCUT2D eigenvalue weighted by Crippen LogP contribution is -2.29. The van der Waals surface area contributed by atoms with Gasteiger partial charge in [0.2, 0.25) is 5.91 Å². The normalized spacial score (nSPS) is 10.7. The van der Waals surface area contributed by atoms with Gasteiger partial charge in [0.1, 0.15) is 5.41 Å². The molecule has 0 aliphatic rings.